The van der Waals surface area contributed by atoms with Crippen LogP contribution in [0.15, 0.2) is 11.2 Å². The second kappa shape index (κ2) is 5.21. The number of hydrogen-bond acceptors (Lipinski definition) is 2. The normalized spacial score (nSPS) is 17.5. The van der Waals surface area contributed by atoms with Crippen molar-refractivity contribution in [3.63, 3.8) is 0 Å². The van der Waals surface area contributed by atoms with E-state index in [1.54, 1.807) is 0 Å². The molecule has 17 heavy (non-hydrogen) atoms. The lowest BCUT2D eigenvalue weighted by Gasteiger charge is -2.27. The van der Waals surface area contributed by atoms with Crippen molar-refractivity contribution in [3.05, 3.63) is 17.5 Å². The van der Waals surface area contributed by atoms with Gasteiger partial charge in [-0.3, -0.25) is 4.68 Å². The summed E-state index contributed by atoms with van der Waals surface area (Å²) in [6.45, 7) is 4.76. The summed E-state index contributed by atoms with van der Waals surface area (Å²) < 4.78 is 1.86. The first-order valence-electron chi connectivity index (χ1n) is 6.21. The zero-order valence-electron chi connectivity index (χ0n) is 10.7. The van der Waals surface area contributed by atoms with Crippen LogP contribution in [0.1, 0.15) is 30.5 Å². The molecule has 2 rings (SSSR count). The highest BCUT2D eigenvalue weighted by atomic mass is 15.3. The summed E-state index contributed by atoms with van der Waals surface area (Å²) in [6.07, 6.45) is 5.62. The smallest absolute Gasteiger partial charge is 0.191 e. The van der Waals surface area contributed by atoms with Crippen molar-refractivity contribution in [2.45, 2.75) is 32.7 Å². The van der Waals surface area contributed by atoms with Gasteiger partial charge in [0, 0.05) is 31.4 Å². The Kier molecular flexibility index (Phi) is 3.66. The third-order valence-electron chi connectivity index (χ3n) is 3.43. The third kappa shape index (κ3) is 2.78. The van der Waals surface area contributed by atoms with E-state index in [-0.39, 0.29) is 0 Å². The minimum absolute atomic E-state index is 0.627. The van der Waals surface area contributed by atoms with Gasteiger partial charge in [0.05, 0.1) is 12.7 Å². The van der Waals surface area contributed by atoms with Crippen molar-refractivity contribution in [1.29, 1.82) is 0 Å². The van der Waals surface area contributed by atoms with Gasteiger partial charge in [-0.15, -0.1) is 0 Å². The Morgan fingerprint density at radius 2 is 2.12 bits per heavy atom. The van der Waals surface area contributed by atoms with Gasteiger partial charge in [-0.2, -0.15) is 5.10 Å². The third-order valence-corrected chi connectivity index (χ3v) is 3.43. The summed E-state index contributed by atoms with van der Waals surface area (Å²) in [7, 11) is 1.94. The predicted octanol–water partition coefficient (Wildman–Crippen LogP) is 1.03. The summed E-state index contributed by atoms with van der Waals surface area (Å²) in [5.41, 5.74) is 8.30. The SMILES string of the molecule is Cc1c(CN=C(N)N2CCCCC2)cnn1C. The fourth-order valence-electron chi connectivity index (χ4n) is 2.09. The van der Waals surface area contributed by atoms with Crippen molar-refractivity contribution in [3.8, 4) is 0 Å². The lowest BCUT2D eigenvalue weighted by Crippen LogP contribution is -2.40. The maximum Gasteiger partial charge on any atom is 0.191 e. The maximum absolute atomic E-state index is 6.00. The van der Waals surface area contributed by atoms with Gasteiger partial charge in [0.15, 0.2) is 5.96 Å². The van der Waals surface area contributed by atoms with Crippen LogP contribution in [0, 0.1) is 6.92 Å². The predicted molar refractivity (Wildman–Crippen MR) is 68.7 cm³/mol. The van der Waals surface area contributed by atoms with E-state index in [9.17, 15) is 0 Å². The quantitative estimate of drug-likeness (QED) is 0.615. The molecule has 1 aromatic heterocycles. The molecule has 5 heteroatoms. The number of nitrogens with two attached hydrogens (primary N) is 1. The van der Waals surface area contributed by atoms with Gasteiger partial charge in [-0.05, 0) is 26.2 Å². The van der Waals surface area contributed by atoms with Gasteiger partial charge in [-0.25, -0.2) is 4.99 Å². The van der Waals surface area contributed by atoms with E-state index in [2.05, 4.69) is 21.9 Å². The van der Waals surface area contributed by atoms with Gasteiger partial charge >= 0.3 is 0 Å². The zero-order chi connectivity index (χ0) is 12.3. The molecule has 2 heterocycles. The van der Waals surface area contributed by atoms with E-state index in [1.165, 1.54) is 19.3 Å². The van der Waals surface area contributed by atoms with Crippen LogP contribution in [-0.4, -0.2) is 33.7 Å². The minimum Gasteiger partial charge on any atom is -0.370 e. The number of hydrogen-bond donors (Lipinski definition) is 1. The van der Waals surface area contributed by atoms with Crippen molar-refractivity contribution >= 4 is 5.96 Å². The molecule has 0 unspecified atom stereocenters. The highest BCUT2D eigenvalue weighted by Crippen LogP contribution is 2.10. The average molecular weight is 235 g/mol. The second-order valence-electron chi connectivity index (χ2n) is 4.60. The Morgan fingerprint density at radius 1 is 1.41 bits per heavy atom. The minimum atomic E-state index is 0.627. The number of aromatic nitrogens is 2. The number of piperidine rings is 1. The Hall–Kier alpha value is -1.52. The Bertz CT molecular complexity index is 401. The molecular formula is C12H21N5. The molecule has 0 atom stereocenters. The number of likely N-dealkylation sites (tertiary alicyclic amines) is 1. The molecule has 5 nitrogen and oxygen atoms in total. The molecule has 2 N–H and O–H groups in total. The number of aryl methyl sites for hydroxylation is 1. The van der Waals surface area contributed by atoms with Crippen LogP contribution < -0.4 is 5.73 Å². The first-order valence-corrected chi connectivity index (χ1v) is 6.21. The average Bonchev–Trinajstić information content (AvgIpc) is 2.68. The van der Waals surface area contributed by atoms with Crippen LogP contribution in [0.4, 0.5) is 0 Å². The molecular weight excluding hydrogens is 214 g/mol. The van der Waals surface area contributed by atoms with E-state index < -0.39 is 0 Å². The lowest BCUT2D eigenvalue weighted by molar-refractivity contribution is 0.338. The molecule has 1 aromatic rings. The van der Waals surface area contributed by atoms with E-state index >= 15 is 0 Å². The van der Waals surface area contributed by atoms with Crippen LogP contribution in [-0.2, 0) is 13.6 Å². The number of guanidine groups is 1. The first-order chi connectivity index (χ1) is 8.18. The van der Waals surface area contributed by atoms with E-state index in [4.69, 9.17) is 5.73 Å². The molecule has 0 spiro atoms. The van der Waals surface area contributed by atoms with E-state index in [0.29, 0.717) is 12.5 Å². The molecule has 0 radical (unpaired) electrons. The topological polar surface area (TPSA) is 59.4 Å². The fraction of sp³-hybridized carbons (Fsp3) is 0.667. The van der Waals surface area contributed by atoms with Gasteiger partial charge in [0.25, 0.3) is 0 Å². The van der Waals surface area contributed by atoms with Crippen LogP contribution in [0.5, 0.6) is 0 Å². The van der Waals surface area contributed by atoms with Crippen LogP contribution >= 0.6 is 0 Å². The monoisotopic (exact) mass is 235 g/mol. The van der Waals surface area contributed by atoms with Crippen molar-refractivity contribution in [2.24, 2.45) is 17.8 Å². The van der Waals surface area contributed by atoms with Gasteiger partial charge in [0.1, 0.15) is 0 Å². The molecule has 0 amide bonds. The molecule has 0 bridgehead atoms. The molecule has 94 valence electrons. The van der Waals surface area contributed by atoms with Crippen LogP contribution in [0.2, 0.25) is 0 Å². The van der Waals surface area contributed by atoms with Crippen molar-refractivity contribution in [1.82, 2.24) is 14.7 Å². The van der Waals surface area contributed by atoms with E-state index in [1.807, 2.05) is 17.9 Å². The summed E-state index contributed by atoms with van der Waals surface area (Å²) in [4.78, 5) is 6.64. The molecule has 0 aliphatic carbocycles. The number of aliphatic imine (C=N–C) groups is 1. The largest absolute Gasteiger partial charge is 0.370 e. The van der Waals surface area contributed by atoms with Crippen LogP contribution in [0.25, 0.3) is 0 Å². The van der Waals surface area contributed by atoms with Gasteiger partial charge in [0.2, 0.25) is 0 Å². The van der Waals surface area contributed by atoms with Crippen molar-refractivity contribution in [2.75, 3.05) is 13.1 Å². The van der Waals surface area contributed by atoms with Crippen molar-refractivity contribution < 1.29 is 0 Å². The molecule has 1 aliphatic rings. The molecule has 0 saturated carbocycles. The highest BCUT2D eigenvalue weighted by molar-refractivity contribution is 5.78. The molecule has 1 aliphatic heterocycles. The van der Waals surface area contributed by atoms with E-state index in [0.717, 1.165) is 24.3 Å². The maximum atomic E-state index is 6.00. The van der Waals surface area contributed by atoms with Crippen LogP contribution in [0.3, 0.4) is 0 Å². The Labute approximate surface area is 102 Å². The first kappa shape index (κ1) is 12.0. The number of rotatable bonds is 2. The second-order valence-corrected chi connectivity index (χ2v) is 4.60. The molecule has 1 fully saturated rings. The Balaban J connectivity index is 1.97. The fourth-order valence-corrected chi connectivity index (χ4v) is 2.09. The summed E-state index contributed by atoms with van der Waals surface area (Å²) in [5.74, 6) is 0.674. The zero-order valence-corrected chi connectivity index (χ0v) is 10.7. The van der Waals surface area contributed by atoms with Gasteiger partial charge < -0.3 is 10.6 Å². The number of nitrogens with zero attached hydrogens (tertiary/aromatic N) is 4. The van der Waals surface area contributed by atoms with Gasteiger partial charge in [-0.1, -0.05) is 0 Å². The summed E-state index contributed by atoms with van der Waals surface area (Å²) in [6, 6.07) is 0. The summed E-state index contributed by atoms with van der Waals surface area (Å²) >= 11 is 0. The summed E-state index contributed by atoms with van der Waals surface area (Å²) in [5, 5.41) is 4.20. The molecule has 1 saturated heterocycles. The highest BCUT2D eigenvalue weighted by Gasteiger charge is 2.12. The lowest BCUT2D eigenvalue weighted by atomic mass is 10.1. The standard InChI is InChI=1S/C12H21N5/c1-10-11(9-15-16(10)2)8-14-12(13)17-6-4-3-5-7-17/h9H,3-8H2,1-2H3,(H2,13,14). The molecule has 0 aromatic carbocycles. The Morgan fingerprint density at radius 3 is 2.71 bits per heavy atom.